The van der Waals surface area contributed by atoms with Gasteiger partial charge in [-0.3, -0.25) is 0 Å². The normalized spacial score (nSPS) is 11.1. The minimum absolute atomic E-state index is 0.0784. The van der Waals surface area contributed by atoms with E-state index in [1.165, 1.54) is 4.52 Å². The Labute approximate surface area is 95.5 Å². The first-order valence-corrected chi connectivity index (χ1v) is 5.02. The predicted octanol–water partition coefficient (Wildman–Crippen LogP) is 1.28. The summed E-state index contributed by atoms with van der Waals surface area (Å²) in [5.74, 6) is -1.10. The minimum Gasteiger partial charge on any atom is -0.476 e. The van der Waals surface area contributed by atoms with E-state index < -0.39 is 5.97 Å². The summed E-state index contributed by atoms with van der Waals surface area (Å²) in [5, 5.41) is 21.8. The fourth-order valence-electron chi connectivity index (χ4n) is 1.82. The highest BCUT2D eigenvalue weighted by molar-refractivity contribution is 5.93. The number of benzene rings is 1. The molecule has 0 aliphatic rings. The zero-order chi connectivity index (χ0) is 12.0. The molecule has 6 heteroatoms. The van der Waals surface area contributed by atoms with Gasteiger partial charge >= 0.3 is 5.97 Å². The molecule has 0 atom stereocenters. The molecule has 0 saturated carbocycles. The van der Waals surface area contributed by atoms with E-state index in [-0.39, 0.29) is 5.69 Å². The Hall–Kier alpha value is -2.50. The van der Waals surface area contributed by atoms with Gasteiger partial charge in [0.1, 0.15) is 0 Å². The molecule has 0 fully saturated rings. The van der Waals surface area contributed by atoms with Crippen LogP contribution in [0.3, 0.4) is 0 Å². The van der Waals surface area contributed by atoms with E-state index in [0.29, 0.717) is 11.3 Å². The van der Waals surface area contributed by atoms with Gasteiger partial charge in [0.15, 0.2) is 11.3 Å². The molecule has 3 rings (SSSR count). The third kappa shape index (κ3) is 1.27. The zero-order valence-corrected chi connectivity index (χ0v) is 8.95. The van der Waals surface area contributed by atoms with E-state index in [2.05, 4.69) is 15.3 Å². The van der Waals surface area contributed by atoms with Crippen LogP contribution in [0.1, 0.15) is 16.2 Å². The zero-order valence-electron chi connectivity index (χ0n) is 8.95. The number of hydrogen-bond donors (Lipinski definition) is 1. The second-order valence-corrected chi connectivity index (χ2v) is 3.69. The van der Waals surface area contributed by atoms with Crippen molar-refractivity contribution in [1.29, 1.82) is 0 Å². The van der Waals surface area contributed by atoms with Gasteiger partial charge in [0.2, 0.25) is 0 Å². The number of fused-ring (bicyclic) bond motifs is 3. The summed E-state index contributed by atoms with van der Waals surface area (Å²) in [4.78, 5) is 10.9. The van der Waals surface area contributed by atoms with Crippen LogP contribution in [0.4, 0.5) is 0 Å². The lowest BCUT2D eigenvalue weighted by atomic mass is 10.2. The number of aromatic carboxylic acids is 1. The Morgan fingerprint density at radius 2 is 2.06 bits per heavy atom. The summed E-state index contributed by atoms with van der Waals surface area (Å²) in [6, 6.07) is 7.48. The standard InChI is InChI=1S/C11H8N4O2/c1-6-9(11(16)17)12-13-10-7-4-2-3-5-8(7)14-15(6)10/h2-5H,1H3,(H,16,17). The second-order valence-electron chi connectivity index (χ2n) is 3.69. The number of aryl methyl sites for hydroxylation is 1. The highest BCUT2D eigenvalue weighted by Gasteiger charge is 2.15. The van der Waals surface area contributed by atoms with Crippen molar-refractivity contribution in [2.24, 2.45) is 0 Å². The first-order valence-electron chi connectivity index (χ1n) is 5.02. The van der Waals surface area contributed by atoms with Crippen LogP contribution >= 0.6 is 0 Å². The van der Waals surface area contributed by atoms with Gasteiger partial charge in [-0.1, -0.05) is 12.1 Å². The van der Waals surface area contributed by atoms with E-state index >= 15 is 0 Å². The Morgan fingerprint density at radius 3 is 2.82 bits per heavy atom. The van der Waals surface area contributed by atoms with Crippen LogP contribution in [0.15, 0.2) is 24.3 Å². The van der Waals surface area contributed by atoms with Crippen LogP contribution in [0, 0.1) is 6.92 Å². The summed E-state index contributed by atoms with van der Waals surface area (Å²) in [5.41, 5.74) is 1.74. The van der Waals surface area contributed by atoms with Gasteiger partial charge in [-0.15, -0.1) is 10.2 Å². The lowest BCUT2D eigenvalue weighted by Gasteiger charge is -2.00. The maximum atomic E-state index is 10.9. The van der Waals surface area contributed by atoms with Crippen molar-refractivity contribution >= 4 is 22.5 Å². The van der Waals surface area contributed by atoms with Gasteiger partial charge in [0.05, 0.1) is 11.2 Å². The molecule has 17 heavy (non-hydrogen) atoms. The Kier molecular flexibility index (Phi) is 1.85. The monoisotopic (exact) mass is 228 g/mol. The van der Waals surface area contributed by atoms with E-state index in [4.69, 9.17) is 5.11 Å². The molecule has 6 nitrogen and oxygen atoms in total. The maximum absolute atomic E-state index is 10.9. The van der Waals surface area contributed by atoms with Crippen LogP contribution in [-0.2, 0) is 0 Å². The number of rotatable bonds is 1. The largest absolute Gasteiger partial charge is 0.476 e. The van der Waals surface area contributed by atoms with Crippen molar-refractivity contribution in [3.05, 3.63) is 35.7 Å². The topological polar surface area (TPSA) is 80.4 Å². The molecule has 0 unspecified atom stereocenters. The third-order valence-corrected chi connectivity index (χ3v) is 2.66. The molecule has 3 aromatic rings. The number of carbonyl (C=O) groups is 1. The molecule has 0 bridgehead atoms. The predicted molar refractivity (Wildman–Crippen MR) is 60.0 cm³/mol. The summed E-state index contributed by atoms with van der Waals surface area (Å²) >= 11 is 0. The number of aromatic nitrogens is 4. The molecule has 2 heterocycles. The number of hydrogen-bond acceptors (Lipinski definition) is 4. The molecular formula is C11H8N4O2. The van der Waals surface area contributed by atoms with Gasteiger partial charge in [0, 0.05) is 5.39 Å². The Balaban J connectivity index is 2.48. The van der Waals surface area contributed by atoms with Gasteiger partial charge in [-0.05, 0) is 19.1 Å². The van der Waals surface area contributed by atoms with Crippen LogP contribution in [0.5, 0.6) is 0 Å². The number of carboxylic acids is 1. The van der Waals surface area contributed by atoms with Gasteiger partial charge < -0.3 is 5.11 Å². The molecule has 0 aliphatic heterocycles. The summed E-state index contributed by atoms with van der Waals surface area (Å²) in [7, 11) is 0. The molecule has 1 N–H and O–H groups in total. The molecule has 0 aliphatic carbocycles. The first-order chi connectivity index (χ1) is 8.18. The van der Waals surface area contributed by atoms with Crippen molar-refractivity contribution in [3.8, 4) is 0 Å². The quantitative estimate of drug-likeness (QED) is 0.678. The smallest absolute Gasteiger partial charge is 0.358 e. The Bertz CT molecular complexity index is 748. The van der Waals surface area contributed by atoms with Crippen molar-refractivity contribution in [1.82, 2.24) is 19.8 Å². The number of nitrogens with zero attached hydrogens (tertiary/aromatic N) is 4. The van der Waals surface area contributed by atoms with E-state index in [1.54, 1.807) is 6.92 Å². The Morgan fingerprint density at radius 1 is 1.29 bits per heavy atom. The maximum Gasteiger partial charge on any atom is 0.358 e. The van der Waals surface area contributed by atoms with Gasteiger partial charge in [-0.2, -0.15) is 5.10 Å². The first kappa shape index (κ1) is 9.71. The summed E-state index contributed by atoms with van der Waals surface area (Å²) in [6.07, 6.45) is 0. The SMILES string of the molecule is Cc1c(C(=O)O)nnc2c3ccccc3nn12. The molecule has 1 aromatic carbocycles. The molecule has 0 amide bonds. The molecule has 0 spiro atoms. The van der Waals surface area contributed by atoms with E-state index in [0.717, 1.165) is 10.9 Å². The van der Waals surface area contributed by atoms with Crippen molar-refractivity contribution in [2.45, 2.75) is 6.92 Å². The fourth-order valence-corrected chi connectivity index (χ4v) is 1.82. The average Bonchev–Trinajstić information content (AvgIpc) is 2.69. The summed E-state index contributed by atoms with van der Waals surface area (Å²) in [6.45, 7) is 1.66. The third-order valence-electron chi connectivity index (χ3n) is 2.66. The lowest BCUT2D eigenvalue weighted by molar-refractivity contribution is 0.0687. The van der Waals surface area contributed by atoms with Gasteiger partial charge in [-0.25, -0.2) is 9.31 Å². The molecule has 0 radical (unpaired) electrons. The van der Waals surface area contributed by atoms with Crippen molar-refractivity contribution in [2.75, 3.05) is 0 Å². The van der Waals surface area contributed by atoms with Crippen molar-refractivity contribution in [3.63, 3.8) is 0 Å². The van der Waals surface area contributed by atoms with Crippen LogP contribution in [0.25, 0.3) is 16.6 Å². The molecule has 2 aromatic heterocycles. The highest BCUT2D eigenvalue weighted by atomic mass is 16.4. The average molecular weight is 228 g/mol. The van der Waals surface area contributed by atoms with Crippen molar-refractivity contribution < 1.29 is 9.90 Å². The van der Waals surface area contributed by atoms with Crippen LogP contribution in [0.2, 0.25) is 0 Å². The molecule has 0 saturated heterocycles. The fraction of sp³-hybridized carbons (Fsp3) is 0.0909. The lowest BCUT2D eigenvalue weighted by Crippen LogP contribution is -2.10. The second kappa shape index (κ2) is 3.24. The minimum atomic E-state index is -1.10. The highest BCUT2D eigenvalue weighted by Crippen LogP contribution is 2.18. The van der Waals surface area contributed by atoms with Crippen LogP contribution < -0.4 is 0 Å². The molecular weight excluding hydrogens is 220 g/mol. The molecule has 84 valence electrons. The van der Waals surface area contributed by atoms with Gasteiger partial charge in [0.25, 0.3) is 0 Å². The van der Waals surface area contributed by atoms with E-state index in [9.17, 15) is 4.79 Å². The van der Waals surface area contributed by atoms with Crippen LogP contribution in [-0.4, -0.2) is 30.9 Å². The van der Waals surface area contributed by atoms with E-state index in [1.807, 2.05) is 24.3 Å². The number of carboxylic acid groups (broad SMARTS) is 1. The summed E-state index contributed by atoms with van der Waals surface area (Å²) < 4.78 is 1.52.